The van der Waals surface area contributed by atoms with Crippen molar-refractivity contribution >= 4 is 10.0 Å². The van der Waals surface area contributed by atoms with Crippen LogP contribution in [0, 0.1) is 22.6 Å². The average molecular weight is 311 g/mol. The van der Waals surface area contributed by atoms with Crippen molar-refractivity contribution in [3.05, 3.63) is 30.1 Å². The molecular formula is C16H22FNO2S. The Balaban J connectivity index is 1.91. The molecule has 2 bridgehead atoms. The van der Waals surface area contributed by atoms with Gasteiger partial charge in [-0.3, -0.25) is 0 Å². The minimum Gasteiger partial charge on any atom is -0.207 e. The highest BCUT2D eigenvalue weighted by molar-refractivity contribution is 7.89. The zero-order valence-corrected chi connectivity index (χ0v) is 13.5. The third kappa shape index (κ3) is 2.30. The standard InChI is InChI=1S/C16H22FNO2S/c1-15(2)11-8-9-16(3,10-11)14(15)18-21(19,20)13-6-4-12(17)5-7-13/h4-7,11,14,18H,8-10H2,1-3H3/t11-,14+,16?/m0/s1. The molecule has 1 aromatic rings. The van der Waals surface area contributed by atoms with E-state index in [1.54, 1.807) is 0 Å². The van der Waals surface area contributed by atoms with Crippen molar-refractivity contribution in [3.63, 3.8) is 0 Å². The Morgan fingerprint density at radius 1 is 1.19 bits per heavy atom. The molecule has 21 heavy (non-hydrogen) atoms. The molecule has 0 aromatic heterocycles. The molecule has 0 saturated heterocycles. The molecule has 3 nitrogen and oxygen atoms in total. The van der Waals surface area contributed by atoms with E-state index in [2.05, 4.69) is 25.5 Å². The van der Waals surface area contributed by atoms with Gasteiger partial charge >= 0.3 is 0 Å². The third-order valence-electron chi connectivity index (χ3n) is 5.67. The van der Waals surface area contributed by atoms with E-state index in [1.165, 1.54) is 30.7 Å². The molecule has 0 spiro atoms. The van der Waals surface area contributed by atoms with Crippen molar-refractivity contribution in [3.8, 4) is 0 Å². The molecule has 1 N–H and O–H groups in total. The highest BCUT2D eigenvalue weighted by Crippen LogP contribution is 2.62. The smallest absolute Gasteiger partial charge is 0.207 e. The van der Waals surface area contributed by atoms with Gasteiger partial charge in [0.05, 0.1) is 4.90 Å². The maximum atomic E-state index is 13.0. The van der Waals surface area contributed by atoms with Gasteiger partial charge in [-0.15, -0.1) is 0 Å². The molecule has 116 valence electrons. The van der Waals surface area contributed by atoms with Gasteiger partial charge in [-0.1, -0.05) is 20.8 Å². The molecule has 2 aliphatic rings. The van der Waals surface area contributed by atoms with Crippen LogP contribution in [0.2, 0.25) is 0 Å². The van der Waals surface area contributed by atoms with Crippen molar-refractivity contribution in [2.24, 2.45) is 16.7 Å². The van der Waals surface area contributed by atoms with Gasteiger partial charge in [-0.25, -0.2) is 17.5 Å². The van der Waals surface area contributed by atoms with Crippen LogP contribution in [0.25, 0.3) is 0 Å². The lowest BCUT2D eigenvalue weighted by atomic mass is 9.69. The first-order valence-electron chi connectivity index (χ1n) is 7.43. The largest absolute Gasteiger partial charge is 0.240 e. The summed E-state index contributed by atoms with van der Waals surface area (Å²) in [5.41, 5.74) is -0.0125. The van der Waals surface area contributed by atoms with Gasteiger partial charge in [-0.05, 0) is 60.3 Å². The number of sulfonamides is 1. The zero-order valence-electron chi connectivity index (χ0n) is 12.7. The first kappa shape index (κ1) is 15.0. The monoisotopic (exact) mass is 311 g/mol. The summed E-state index contributed by atoms with van der Waals surface area (Å²) in [6, 6.07) is 4.93. The molecular weight excluding hydrogens is 289 g/mol. The molecule has 1 aromatic carbocycles. The second-order valence-corrected chi connectivity index (χ2v) is 9.14. The van der Waals surface area contributed by atoms with Crippen molar-refractivity contribution in [1.82, 2.24) is 4.72 Å². The van der Waals surface area contributed by atoms with Gasteiger partial charge < -0.3 is 0 Å². The van der Waals surface area contributed by atoms with Crippen LogP contribution >= 0.6 is 0 Å². The Labute approximate surface area is 126 Å². The Bertz CT molecular complexity index is 649. The molecule has 5 heteroatoms. The highest BCUT2D eigenvalue weighted by atomic mass is 32.2. The van der Waals surface area contributed by atoms with Crippen molar-refractivity contribution in [2.75, 3.05) is 0 Å². The van der Waals surface area contributed by atoms with Gasteiger partial charge in [0.15, 0.2) is 0 Å². The van der Waals surface area contributed by atoms with E-state index in [4.69, 9.17) is 0 Å². The number of nitrogens with one attached hydrogen (secondary N) is 1. The lowest BCUT2D eigenvalue weighted by Crippen LogP contribution is -2.52. The van der Waals surface area contributed by atoms with Gasteiger partial charge in [0.25, 0.3) is 0 Å². The zero-order chi connectivity index (χ0) is 15.5. The first-order valence-corrected chi connectivity index (χ1v) is 8.91. The summed E-state index contributed by atoms with van der Waals surface area (Å²) < 4.78 is 41.0. The first-order chi connectivity index (χ1) is 9.65. The van der Waals surface area contributed by atoms with Crippen molar-refractivity contribution in [2.45, 2.75) is 51.0 Å². The van der Waals surface area contributed by atoms with Crippen LogP contribution in [-0.2, 0) is 10.0 Å². The predicted molar refractivity (Wildman–Crippen MR) is 79.7 cm³/mol. The second kappa shape index (κ2) is 4.53. The summed E-state index contributed by atoms with van der Waals surface area (Å²) in [6.45, 7) is 6.49. The normalized spacial score (nSPS) is 34.3. The summed E-state index contributed by atoms with van der Waals surface area (Å²) >= 11 is 0. The number of halogens is 1. The molecule has 2 fully saturated rings. The Morgan fingerprint density at radius 2 is 1.81 bits per heavy atom. The highest BCUT2D eigenvalue weighted by Gasteiger charge is 2.60. The van der Waals surface area contributed by atoms with Gasteiger partial charge in [0, 0.05) is 6.04 Å². The van der Waals surface area contributed by atoms with Crippen LogP contribution in [0.5, 0.6) is 0 Å². The van der Waals surface area contributed by atoms with Gasteiger partial charge in [-0.2, -0.15) is 0 Å². The average Bonchev–Trinajstić information content (AvgIpc) is 2.87. The second-order valence-electron chi connectivity index (χ2n) is 7.42. The quantitative estimate of drug-likeness (QED) is 0.931. The number of hydrogen-bond acceptors (Lipinski definition) is 2. The molecule has 0 heterocycles. The Morgan fingerprint density at radius 3 is 2.33 bits per heavy atom. The number of hydrogen-bond donors (Lipinski definition) is 1. The van der Waals surface area contributed by atoms with Crippen LogP contribution in [0.3, 0.4) is 0 Å². The van der Waals surface area contributed by atoms with Crippen molar-refractivity contribution in [1.29, 1.82) is 0 Å². The number of rotatable bonds is 3. The SMILES string of the molecule is CC12CC[C@@H](C1)C(C)(C)[C@H]2NS(=O)(=O)c1ccc(F)cc1. The molecule has 2 aliphatic carbocycles. The van der Waals surface area contributed by atoms with E-state index in [0.29, 0.717) is 5.92 Å². The Hall–Kier alpha value is -0.940. The van der Waals surface area contributed by atoms with E-state index in [-0.39, 0.29) is 21.8 Å². The number of benzene rings is 1. The molecule has 3 atom stereocenters. The minimum absolute atomic E-state index is 0.0290. The van der Waals surface area contributed by atoms with E-state index < -0.39 is 15.8 Å². The fourth-order valence-corrected chi connectivity index (χ4v) is 5.96. The maximum absolute atomic E-state index is 13.0. The minimum atomic E-state index is -3.61. The van der Waals surface area contributed by atoms with Gasteiger partial charge in [0.1, 0.15) is 5.82 Å². The Kier molecular flexibility index (Phi) is 3.23. The van der Waals surface area contributed by atoms with E-state index in [0.717, 1.165) is 12.8 Å². The maximum Gasteiger partial charge on any atom is 0.240 e. The van der Waals surface area contributed by atoms with Crippen LogP contribution in [0.15, 0.2) is 29.2 Å². The van der Waals surface area contributed by atoms with Crippen LogP contribution in [0.1, 0.15) is 40.0 Å². The molecule has 0 amide bonds. The molecule has 0 radical (unpaired) electrons. The van der Waals surface area contributed by atoms with Crippen molar-refractivity contribution < 1.29 is 12.8 Å². The number of fused-ring (bicyclic) bond motifs is 2. The molecule has 1 unspecified atom stereocenters. The van der Waals surface area contributed by atoms with Crippen LogP contribution in [0.4, 0.5) is 4.39 Å². The summed E-state index contributed by atoms with van der Waals surface area (Å²) in [4.78, 5) is 0.131. The summed E-state index contributed by atoms with van der Waals surface area (Å²) in [5, 5.41) is 0. The lowest BCUT2D eigenvalue weighted by Gasteiger charge is -2.42. The summed E-state index contributed by atoms with van der Waals surface area (Å²) in [6.07, 6.45) is 3.33. The van der Waals surface area contributed by atoms with E-state index in [9.17, 15) is 12.8 Å². The summed E-state index contributed by atoms with van der Waals surface area (Å²) in [5.74, 6) is 0.143. The van der Waals surface area contributed by atoms with Gasteiger partial charge in [0.2, 0.25) is 10.0 Å². The lowest BCUT2D eigenvalue weighted by molar-refractivity contribution is 0.127. The molecule has 0 aliphatic heterocycles. The summed E-state index contributed by atoms with van der Waals surface area (Å²) in [7, 11) is -3.61. The van der Waals surface area contributed by atoms with E-state index in [1.807, 2.05) is 0 Å². The molecule has 3 rings (SSSR count). The third-order valence-corrected chi connectivity index (χ3v) is 7.11. The molecule has 2 saturated carbocycles. The van der Waals surface area contributed by atoms with Crippen LogP contribution in [-0.4, -0.2) is 14.5 Å². The fourth-order valence-electron chi connectivity index (χ4n) is 4.43. The van der Waals surface area contributed by atoms with E-state index >= 15 is 0 Å². The fraction of sp³-hybridized carbons (Fsp3) is 0.625. The predicted octanol–water partition coefficient (Wildman–Crippen LogP) is 3.32. The topological polar surface area (TPSA) is 46.2 Å². The van der Waals surface area contributed by atoms with Crippen LogP contribution < -0.4 is 4.72 Å².